The van der Waals surface area contributed by atoms with Gasteiger partial charge >= 0.3 is 0 Å². The van der Waals surface area contributed by atoms with E-state index < -0.39 is 5.91 Å². The summed E-state index contributed by atoms with van der Waals surface area (Å²) in [5, 5.41) is 2.97. The summed E-state index contributed by atoms with van der Waals surface area (Å²) in [5.41, 5.74) is 7.33. The fourth-order valence-electron chi connectivity index (χ4n) is 1.34. The van der Waals surface area contributed by atoms with Crippen LogP contribution in [0.15, 0.2) is 24.5 Å². The van der Waals surface area contributed by atoms with Gasteiger partial charge in [-0.1, -0.05) is 6.07 Å². The Morgan fingerprint density at radius 3 is 3.23 bits per heavy atom. The van der Waals surface area contributed by atoms with Crippen molar-refractivity contribution in [2.45, 2.75) is 6.54 Å². The number of primary amides is 1. The second-order valence-electron chi connectivity index (χ2n) is 2.81. The Kier molecular flexibility index (Phi) is 1.73. The number of fused-ring (bicyclic) bond motifs is 1. The van der Waals surface area contributed by atoms with Crippen LogP contribution < -0.4 is 11.1 Å². The van der Waals surface area contributed by atoms with Crippen molar-refractivity contribution in [1.82, 2.24) is 10.3 Å². The first-order valence-electron chi connectivity index (χ1n) is 3.96. The number of hydrogen-bond donors (Lipinski definition) is 2. The second-order valence-corrected chi connectivity index (χ2v) is 2.81. The average Bonchev–Trinajstić information content (AvgIpc) is 2.17. The highest BCUT2D eigenvalue weighted by Gasteiger charge is 2.16. The predicted octanol–water partition coefficient (Wildman–Crippen LogP) is 0.0110. The highest BCUT2D eigenvalue weighted by atomic mass is 16.1. The molecular weight excluding hydrogens is 166 g/mol. The summed E-state index contributed by atoms with van der Waals surface area (Å²) in [5.74, 6) is -0.452. The van der Waals surface area contributed by atoms with Crippen LogP contribution >= 0.6 is 0 Å². The van der Waals surface area contributed by atoms with E-state index in [4.69, 9.17) is 5.73 Å². The van der Waals surface area contributed by atoms with Crippen LogP contribution in [0.25, 0.3) is 5.57 Å². The highest BCUT2D eigenvalue weighted by Crippen LogP contribution is 2.18. The van der Waals surface area contributed by atoms with Gasteiger partial charge in [-0.15, -0.1) is 0 Å². The first-order valence-corrected chi connectivity index (χ1v) is 3.96. The molecule has 4 heteroatoms. The molecule has 2 rings (SSSR count). The normalized spacial score (nSPS) is 14.0. The molecule has 0 unspecified atom stereocenters. The minimum absolute atomic E-state index is 0.446. The third-order valence-corrected chi connectivity index (χ3v) is 1.95. The lowest BCUT2D eigenvalue weighted by Crippen LogP contribution is -2.22. The first-order chi connectivity index (χ1) is 6.29. The fourth-order valence-corrected chi connectivity index (χ4v) is 1.34. The van der Waals surface area contributed by atoms with Crippen LogP contribution in [-0.4, -0.2) is 10.9 Å². The Hall–Kier alpha value is -1.84. The molecule has 1 aromatic heterocycles. The molecule has 0 saturated carbocycles. The summed E-state index contributed by atoms with van der Waals surface area (Å²) in [4.78, 5) is 15.1. The molecule has 2 heterocycles. The topological polar surface area (TPSA) is 68.0 Å². The van der Waals surface area contributed by atoms with Gasteiger partial charge in [0.15, 0.2) is 0 Å². The van der Waals surface area contributed by atoms with Gasteiger partial charge in [0.1, 0.15) is 0 Å². The standard InChI is InChI=1S/C9H9N3O/c10-9(13)7-5-11-4-6-2-1-3-12-8(6)7/h1-3,5,11H,4H2,(H2,10,13). The first kappa shape index (κ1) is 7.79. The molecule has 1 aliphatic heterocycles. The van der Waals surface area contributed by atoms with Crippen LogP contribution in [0.1, 0.15) is 11.3 Å². The van der Waals surface area contributed by atoms with Crippen LogP contribution in [0.2, 0.25) is 0 Å². The number of carbonyl (C=O) groups is 1. The summed E-state index contributed by atoms with van der Waals surface area (Å²) in [6.07, 6.45) is 3.26. The molecule has 1 amide bonds. The zero-order valence-corrected chi connectivity index (χ0v) is 6.95. The van der Waals surface area contributed by atoms with Gasteiger partial charge in [0.25, 0.3) is 5.91 Å². The molecule has 66 valence electrons. The monoisotopic (exact) mass is 175 g/mol. The molecule has 0 aliphatic carbocycles. The lowest BCUT2D eigenvalue weighted by Gasteiger charge is -2.14. The van der Waals surface area contributed by atoms with Crippen LogP contribution in [0.5, 0.6) is 0 Å². The number of amides is 1. The number of aromatic nitrogens is 1. The van der Waals surface area contributed by atoms with E-state index in [-0.39, 0.29) is 0 Å². The van der Waals surface area contributed by atoms with Crippen molar-refractivity contribution >= 4 is 11.5 Å². The predicted molar refractivity (Wildman–Crippen MR) is 48.2 cm³/mol. The van der Waals surface area contributed by atoms with Crippen molar-refractivity contribution in [1.29, 1.82) is 0 Å². The molecule has 0 bridgehead atoms. The molecule has 4 nitrogen and oxygen atoms in total. The molecule has 0 spiro atoms. The van der Waals surface area contributed by atoms with E-state index in [0.29, 0.717) is 17.8 Å². The fraction of sp³-hybridized carbons (Fsp3) is 0.111. The van der Waals surface area contributed by atoms with Gasteiger partial charge < -0.3 is 11.1 Å². The van der Waals surface area contributed by atoms with E-state index >= 15 is 0 Å². The summed E-state index contributed by atoms with van der Waals surface area (Å²) < 4.78 is 0. The zero-order chi connectivity index (χ0) is 9.26. The lowest BCUT2D eigenvalue weighted by molar-refractivity contribution is -0.112. The van der Waals surface area contributed by atoms with Gasteiger partial charge in [-0.25, -0.2) is 0 Å². The molecule has 0 atom stereocenters. The number of nitrogens with two attached hydrogens (primary N) is 1. The highest BCUT2D eigenvalue weighted by molar-refractivity contribution is 6.18. The van der Waals surface area contributed by atoms with E-state index in [0.717, 1.165) is 5.56 Å². The molecule has 0 saturated heterocycles. The average molecular weight is 175 g/mol. The molecular formula is C9H9N3O. The van der Waals surface area contributed by atoms with Crippen molar-refractivity contribution in [3.8, 4) is 0 Å². The van der Waals surface area contributed by atoms with Crippen molar-refractivity contribution < 1.29 is 4.79 Å². The molecule has 0 radical (unpaired) electrons. The van der Waals surface area contributed by atoms with Crippen molar-refractivity contribution in [2.24, 2.45) is 5.73 Å². The third kappa shape index (κ3) is 1.26. The van der Waals surface area contributed by atoms with Gasteiger partial charge in [0, 0.05) is 18.9 Å². The van der Waals surface area contributed by atoms with Gasteiger partial charge in [0.05, 0.1) is 11.3 Å². The minimum Gasteiger partial charge on any atom is -0.386 e. The van der Waals surface area contributed by atoms with Crippen LogP contribution in [-0.2, 0) is 11.3 Å². The van der Waals surface area contributed by atoms with Crippen molar-refractivity contribution in [3.05, 3.63) is 35.8 Å². The molecule has 1 aliphatic rings. The third-order valence-electron chi connectivity index (χ3n) is 1.95. The SMILES string of the molecule is NC(=O)C1=CNCc2cccnc21. The van der Waals surface area contributed by atoms with E-state index in [1.165, 1.54) is 0 Å². The maximum atomic E-state index is 11.0. The Morgan fingerprint density at radius 2 is 2.46 bits per heavy atom. The number of carbonyl (C=O) groups excluding carboxylic acids is 1. The Bertz CT molecular complexity index is 384. The maximum Gasteiger partial charge on any atom is 0.252 e. The second kappa shape index (κ2) is 2.90. The maximum absolute atomic E-state index is 11.0. The number of nitrogens with one attached hydrogen (secondary N) is 1. The Labute approximate surface area is 75.5 Å². The van der Waals surface area contributed by atoms with Crippen LogP contribution in [0.4, 0.5) is 0 Å². The largest absolute Gasteiger partial charge is 0.386 e. The minimum atomic E-state index is -0.452. The summed E-state index contributed by atoms with van der Waals surface area (Å²) in [6, 6.07) is 3.76. The Morgan fingerprint density at radius 1 is 1.62 bits per heavy atom. The van der Waals surface area contributed by atoms with E-state index in [2.05, 4.69) is 10.3 Å². The summed E-state index contributed by atoms with van der Waals surface area (Å²) in [6.45, 7) is 0.694. The van der Waals surface area contributed by atoms with Gasteiger partial charge in [-0.05, 0) is 11.6 Å². The lowest BCUT2D eigenvalue weighted by atomic mass is 10.0. The van der Waals surface area contributed by atoms with Gasteiger partial charge in [-0.3, -0.25) is 9.78 Å². The molecule has 0 aromatic carbocycles. The van der Waals surface area contributed by atoms with Gasteiger partial charge in [-0.2, -0.15) is 0 Å². The summed E-state index contributed by atoms with van der Waals surface area (Å²) >= 11 is 0. The zero-order valence-electron chi connectivity index (χ0n) is 6.95. The quantitative estimate of drug-likeness (QED) is 0.631. The molecule has 0 fully saturated rings. The van der Waals surface area contributed by atoms with Crippen LogP contribution in [0.3, 0.4) is 0 Å². The van der Waals surface area contributed by atoms with Crippen molar-refractivity contribution in [2.75, 3.05) is 0 Å². The smallest absolute Gasteiger partial charge is 0.252 e. The van der Waals surface area contributed by atoms with E-state index in [1.807, 2.05) is 12.1 Å². The molecule has 3 N–H and O–H groups in total. The Balaban J connectivity index is 2.53. The molecule has 1 aromatic rings. The van der Waals surface area contributed by atoms with Crippen LogP contribution in [0, 0.1) is 0 Å². The molecule has 13 heavy (non-hydrogen) atoms. The number of pyridine rings is 1. The van der Waals surface area contributed by atoms with E-state index in [9.17, 15) is 4.79 Å². The summed E-state index contributed by atoms with van der Waals surface area (Å²) in [7, 11) is 0. The van der Waals surface area contributed by atoms with Crippen molar-refractivity contribution in [3.63, 3.8) is 0 Å². The number of nitrogens with zero attached hydrogens (tertiary/aromatic N) is 1. The number of rotatable bonds is 1. The number of hydrogen-bond acceptors (Lipinski definition) is 3. The van der Waals surface area contributed by atoms with Gasteiger partial charge in [0.2, 0.25) is 0 Å². The van der Waals surface area contributed by atoms with E-state index in [1.54, 1.807) is 12.4 Å².